The minimum Gasteiger partial charge on any atom is -0.342 e. The molecular weight excluding hydrogens is 327 g/mol. The summed E-state index contributed by atoms with van der Waals surface area (Å²) in [5, 5.41) is 2.69. The first-order valence-corrected chi connectivity index (χ1v) is 7.33. The van der Waals surface area contributed by atoms with E-state index in [9.17, 15) is 14.0 Å². The summed E-state index contributed by atoms with van der Waals surface area (Å²) in [7, 11) is 0. The van der Waals surface area contributed by atoms with Crippen LogP contribution >= 0.6 is 15.9 Å². The highest BCUT2D eigenvalue weighted by atomic mass is 79.9. The highest BCUT2D eigenvalue weighted by Crippen LogP contribution is 2.28. The van der Waals surface area contributed by atoms with E-state index in [4.69, 9.17) is 0 Å². The van der Waals surface area contributed by atoms with Crippen LogP contribution in [0.2, 0.25) is 0 Å². The predicted molar refractivity (Wildman–Crippen MR) is 77.9 cm³/mol. The van der Waals surface area contributed by atoms with Gasteiger partial charge in [0.2, 0.25) is 11.8 Å². The van der Waals surface area contributed by atoms with Crippen LogP contribution in [0.15, 0.2) is 22.7 Å². The summed E-state index contributed by atoms with van der Waals surface area (Å²) in [6.45, 7) is 3.53. The number of hydrogen-bond acceptors (Lipinski definition) is 2. The number of nitrogens with one attached hydrogen (secondary N) is 1. The molecule has 0 aromatic heterocycles. The number of benzene rings is 1. The number of hydrogen-bond donors (Lipinski definition) is 1. The largest absolute Gasteiger partial charge is 0.342 e. The third kappa shape index (κ3) is 2.70. The molecular formula is C14H16BrFN2O2. The zero-order chi connectivity index (χ0) is 14.9. The zero-order valence-electron chi connectivity index (χ0n) is 11.3. The average Bonchev–Trinajstić information content (AvgIpc) is 2.40. The van der Waals surface area contributed by atoms with Gasteiger partial charge in [-0.05, 0) is 31.5 Å². The smallest absolute Gasteiger partial charge is 0.250 e. The molecule has 2 amide bonds. The number of anilines is 1. The molecule has 0 saturated carbocycles. The number of nitrogens with zero attached hydrogens (tertiary/aromatic N) is 1. The monoisotopic (exact) mass is 342 g/mol. The quantitative estimate of drug-likeness (QED) is 0.917. The van der Waals surface area contributed by atoms with Crippen molar-refractivity contribution in [3.8, 4) is 0 Å². The molecule has 1 saturated heterocycles. The van der Waals surface area contributed by atoms with Crippen LogP contribution in [0.5, 0.6) is 0 Å². The van der Waals surface area contributed by atoms with E-state index in [0.29, 0.717) is 10.9 Å². The Labute approximate surface area is 125 Å². The maximum absolute atomic E-state index is 14.0. The molecule has 0 spiro atoms. The Hall–Kier alpha value is -1.43. The molecule has 1 aromatic carbocycles. The highest BCUT2D eigenvalue weighted by molar-refractivity contribution is 9.10. The molecule has 1 fully saturated rings. The first-order valence-electron chi connectivity index (χ1n) is 6.54. The molecule has 0 radical (unpaired) electrons. The lowest BCUT2D eigenvalue weighted by Gasteiger charge is -2.37. The lowest BCUT2D eigenvalue weighted by molar-refractivity contribution is -0.133. The second-order valence-electron chi connectivity index (χ2n) is 4.83. The summed E-state index contributed by atoms with van der Waals surface area (Å²) >= 11 is 3.26. The third-order valence-electron chi connectivity index (χ3n) is 3.36. The lowest BCUT2D eigenvalue weighted by atomic mass is 10.0. The van der Waals surface area contributed by atoms with E-state index < -0.39 is 17.9 Å². The van der Waals surface area contributed by atoms with Crippen LogP contribution in [0.25, 0.3) is 0 Å². The van der Waals surface area contributed by atoms with Crippen molar-refractivity contribution in [1.82, 2.24) is 5.32 Å². The number of rotatable bonds is 3. The first kappa shape index (κ1) is 15.0. The maximum atomic E-state index is 14.0. The molecule has 1 N–H and O–H groups in total. The molecule has 2 unspecified atom stereocenters. The molecule has 0 bridgehead atoms. The van der Waals surface area contributed by atoms with E-state index in [2.05, 4.69) is 21.2 Å². The van der Waals surface area contributed by atoms with Crippen molar-refractivity contribution in [3.63, 3.8) is 0 Å². The molecule has 6 heteroatoms. The van der Waals surface area contributed by atoms with Gasteiger partial charge in [-0.25, -0.2) is 4.39 Å². The van der Waals surface area contributed by atoms with Crippen LogP contribution in [0.3, 0.4) is 0 Å². The molecule has 0 aliphatic carbocycles. The molecule has 4 nitrogen and oxygen atoms in total. The van der Waals surface area contributed by atoms with Crippen LogP contribution in [0.4, 0.5) is 10.1 Å². The molecule has 1 aromatic rings. The van der Waals surface area contributed by atoms with Gasteiger partial charge in [0.25, 0.3) is 0 Å². The van der Waals surface area contributed by atoms with Gasteiger partial charge >= 0.3 is 0 Å². The van der Waals surface area contributed by atoms with E-state index >= 15 is 0 Å². The Morgan fingerprint density at radius 1 is 1.40 bits per heavy atom. The SMILES string of the molecule is CCCC1NC(=O)C(C)N(c2cc(Br)ccc2F)C1=O. The Kier molecular flexibility index (Phi) is 4.42. The fourth-order valence-corrected chi connectivity index (χ4v) is 2.66. The normalized spacial score (nSPS) is 22.9. The van der Waals surface area contributed by atoms with Crippen LogP contribution in [-0.4, -0.2) is 23.9 Å². The van der Waals surface area contributed by atoms with Gasteiger partial charge in [0, 0.05) is 4.47 Å². The van der Waals surface area contributed by atoms with Crippen LogP contribution in [0, 0.1) is 5.82 Å². The van der Waals surface area contributed by atoms with E-state index in [-0.39, 0.29) is 17.5 Å². The highest BCUT2D eigenvalue weighted by Gasteiger charge is 2.39. The van der Waals surface area contributed by atoms with E-state index in [1.54, 1.807) is 13.0 Å². The predicted octanol–water partition coefficient (Wildman–Crippen LogP) is 2.61. The van der Waals surface area contributed by atoms with Crippen LogP contribution in [0.1, 0.15) is 26.7 Å². The molecule has 1 aliphatic rings. The van der Waals surface area contributed by atoms with E-state index in [0.717, 1.165) is 6.42 Å². The number of halogens is 2. The van der Waals surface area contributed by atoms with Gasteiger partial charge in [0.05, 0.1) is 5.69 Å². The van der Waals surface area contributed by atoms with Gasteiger partial charge in [0.1, 0.15) is 17.9 Å². The minimum absolute atomic E-state index is 0.132. The lowest BCUT2D eigenvalue weighted by Crippen LogP contribution is -2.62. The standard InChI is InChI=1S/C14H16BrFN2O2/c1-3-4-11-14(20)18(8(2)13(19)17-11)12-7-9(15)5-6-10(12)16/h5-8,11H,3-4H2,1-2H3,(H,17,19). The summed E-state index contributed by atoms with van der Waals surface area (Å²) in [6.07, 6.45) is 1.31. The minimum atomic E-state index is -0.723. The van der Waals surface area contributed by atoms with Gasteiger partial charge in [-0.3, -0.25) is 14.5 Å². The topological polar surface area (TPSA) is 49.4 Å². The number of piperazine rings is 1. The number of carbonyl (C=O) groups is 2. The summed E-state index contributed by atoms with van der Waals surface area (Å²) in [5.74, 6) is -1.04. The van der Waals surface area contributed by atoms with Gasteiger partial charge in [0.15, 0.2) is 0 Å². The second kappa shape index (κ2) is 5.91. The van der Waals surface area contributed by atoms with E-state index in [1.807, 2.05) is 6.92 Å². The number of amides is 2. The molecule has 2 rings (SSSR count). The van der Waals surface area contributed by atoms with Crippen molar-refractivity contribution >= 4 is 33.4 Å². The maximum Gasteiger partial charge on any atom is 0.250 e. The first-order chi connectivity index (χ1) is 9.45. The zero-order valence-corrected chi connectivity index (χ0v) is 12.9. The fourth-order valence-electron chi connectivity index (χ4n) is 2.31. The van der Waals surface area contributed by atoms with Gasteiger partial charge in [-0.2, -0.15) is 0 Å². The van der Waals surface area contributed by atoms with E-state index in [1.165, 1.54) is 17.0 Å². The summed E-state index contributed by atoms with van der Waals surface area (Å²) in [6, 6.07) is 3.05. The van der Waals surface area contributed by atoms with Crippen LogP contribution in [-0.2, 0) is 9.59 Å². The number of carbonyl (C=O) groups excluding carboxylic acids is 2. The van der Waals surface area contributed by atoms with Crippen LogP contribution < -0.4 is 10.2 Å². The summed E-state index contributed by atoms with van der Waals surface area (Å²) in [4.78, 5) is 25.7. The van der Waals surface area contributed by atoms with Crippen molar-refractivity contribution in [2.75, 3.05) is 4.90 Å². The second-order valence-corrected chi connectivity index (χ2v) is 5.75. The van der Waals surface area contributed by atoms with Gasteiger partial charge < -0.3 is 5.32 Å². The fraction of sp³-hybridized carbons (Fsp3) is 0.429. The van der Waals surface area contributed by atoms with Crippen molar-refractivity contribution in [2.24, 2.45) is 0 Å². The molecule has 1 aliphatic heterocycles. The molecule has 108 valence electrons. The third-order valence-corrected chi connectivity index (χ3v) is 3.86. The Morgan fingerprint density at radius 2 is 2.10 bits per heavy atom. The van der Waals surface area contributed by atoms with Crippen molar-refractivity contribution < 1.29 is 14.0 Å². The Bertz CT molecular complexity index is 550. The van der Waals surface area contributed by atoms with Crippen molar-refractivity contribution in [1.29, 1.82) is 0 Å². The Balaban J connectivity index is 2.43. The van der Waals surface area contributed by atoms with Gasteiger partial charge in [-0.15, -0.1) is 0 Å². The average molecular weight is 343 g/mol. The van der Waals surface area contributed by atoms with Crippen molar-refractivity contribution in [3.05, 3.63) is 28.5 Å². The molecule has 20 heavy (non-hydrogen) atoms. The Morgan fingerprint density at radius 3 is 2.75 bits per heavy atom. The molecule has 2 atom stereocenters. The summed E-state index contributed by atoms with van der Waals surface area (Å²) in [5.41, 5.74) is 0.132. The van der Waals surface area contributed by atoms with Gasteiger partial charge in [-0.1, -0.05) is 29.3 Å². The summed E-state index contributed by atoms with van der Waals surface area (Å²) < 4.78 is 14.7. The molecule has 1 heterocycles. The van der Waals surface area contributed by atoms with Crippen molar-refractivity contribution in [2.45, 2.75) is 38.8 Å².